The van der Waals surface area contributed by atoms with Crippen LogP contribution in [0.25, 0.3) is 0 Å². The number of carboxylic acids is 3. The normalized spacial score (nSPS) is 40.5. The van der Waals surface area contributed by atoms with E-state index in [4.69, 9.17) is 33.5 Å². The topological polar surface area (TPSA) is 309 Å². The van der Waals surface area contributed by atoms with Crippen LogP contribution in [0.2, 0.25) is 0 Å². The van der Waals surface area contributed by atoms with Crippen LogP contribution in [0.15, 0.2) is 0 Å². The molecule has 0 aromatic carbocycles. The predicted molar refractivity (Wildman–Crippen MR) is 122 cm³/mol. The van der Waals surface area contributed by atoms with Crippen LogP contribution in [-0.4, -0.2) is 168 Å². The van der Waals surface area contributed by atoms with Crippen molar-refractivity contribution in [1.29, 1.82) is 0 Å². The quantitative estimate of drug-likeness (QED) is 0.0835. The van der Waals surface area contributed by atoms with E-state index in [-0.39, 0.29) is 0 Å². The molecular formula is C22H34O19. The van der Waals surface area contributed by atoms with E-state index in [1.165, 1.54) is 0 Å². The van der Waals surface area contributed by atoms with Crippen molar-refractivity contribution < 1.29 is 93.9 Å². The molecular weight excluding hydrogens is 568 g/mol. The number of carbonyl (C=O) groups is 3. The third-order valence-corrected chi connectivity index (χ3v) is 6.94. The number of hydrogen-bond acceptors (Lipinski definition) is 16. The molecule has 41 heavy (non-hydrogen) atoms. The minimum absolute atomic E-state index is 0.682. The smallest absolute Gasteiger partial charge is 0.336 e. The van der Waals surface area contributed by atoms with Crippen molar-refractivity contribution in [1.82, 2.24) is 0 Å². The van der Waals surface area contributed by atoms with Crippen molar-refractivity contribution >= 4 is 17.9 Å². The molecule has 1 unspecified atom stereocenters. The number of aliphatic hydroxyl groups excluding tert-OH is 7. The summed E-state index contributed by atoms with van der Waals surface area (Å²) in [5.74, 6) is -4.98. The summed E-state index contributed by atoms with van der Waals surface area (Å²) in [6.07, 6.45) is -22.1. The number of aliphatic carboxylic acids is 3. The summed E-state index contributed by atoms with van der Waals surface area (Å²) < 4.78 is 32.6. The zero-order valence-corrected chi connectivity index (χ0v) is 21.3. The zero-order valence-electron chi connectivity index (χ0n) is 21.3. The highest BCUT2D eigenvalue weighted by Crippen LogP contribution is 2.36. The van der Waals surface area contributed by atoms with Gasteiger partial charge in [0.2, 0.25) is 0 Å². The number of rotatable bonds is 15. The van der Waals surface area contributed by atoms with Crippen LogP contribution < -0.4 is 0 Å². The van der Waals surface area contributed by atoms with Crippen LogP contribution in [0.4, 0.5) is 0 Å². The molecule has 0 saturated carbocycles. The second kappa shape index (κ2) is 13.9. The van der Waals surface area contributed by atoms with Crippen molar-refractivity contribution in [2.24, 2.45) is 0 Å². The number of aliphatic hydroxyl groups is 7. The molecule has 236 valence electrons. The van der Waals surface area contributed by atoms with Crippen molar-refractivity contribution in [2.75, 3.05) is 19.8 Å². The molecule has 0 aromatic rings. The van der Waals surface area contributed by atoms with Crippen molar-refractivity contribution in [3.63, 3.8) is 0 Å². The molecule has 0 aromatic heterocycles. The average Bonchev–Trinajstić information content (AvgIpc) is 3.48. The first kappa shape index (κ1) is 33.4. The molecule has 0 bridgehead atoms. The number of hydrogen-bond donors (Lipinski definition) is 10. The molecule has 0 radical (unpaired) electrons. The minimum Gasteiger partial charge on any atom is -0.481 e. The molecule has 3 heterocycles. The van der Waals surface area contributed by atoms with Gasteiger partial charge in [-0.15, -0.1) is 0 Å². The van der Waals surface area contributed by atoms with Crippen molar-refractivity contribution in [3.05, 3.63) is 0 Å². The monoisotopic (exact) mass is 602 g/mol. The van der Waals surface area contributed by atoms with Crippen molar-refractivity contribution in [3.8, 4) is 0 Å². The molecule has 3 fully saturated rings. The Balaban J connectivity index is 1.80. The molecule has 13 atom stereocenters. The Kier molecular flexibility index (Phi) is 11.3. The minimum atomic E-state index is -2.67. The van der Waals surface area contributed by atoms with E-state index >= 15 is 0 Å². The van der Waals surface area contributed by atoms with Crippen LogP contribution in [-0.2, 0) is 42.8 Å². The van der Waals surface area contributed by atoms with E-state index in [2.05, 4.69) is 0 Å². The van der Waals surface area contributed by atoms with Crippen LogP contribution in [0, 0.1) is 0 Å². The third-order valence-electron chi connectivity index (χ3n) is 6.94. The molecule has 3 aliphatic heterocycles. The molecule has 3 aliphatic rings. The van der Waals surface area contributed by atoms with Gasteiger partial charge in [-0.05, 0) is 6.42 Å². The van der Waals surface area contributed by atoms with E-state index in [0.717, 1.165) is 0 Å². The lowest BCUT2D eigenvalue weighted by Gasteiger charge is -2.32. The molecule has 3 saturated heterocycles. The Hall–Kier alpha value is -2.11. The van der Waals surface area contributed by atoms with Gasteiger partial charge in [-0.1, -0.05) is 0 Å². The van der Waals surface area contributed by atoms with Gasteiger partial charge in [0.1, 0.15) is 54.9 Å². The van der Waals surface area contributed by atoms with E-state index in [9.17, 15) is 60.3 Å². The molecule has 0 aliphatic carbocycles. The molecule has 19 heteroatoms. The van der Waals surface area contributed by atoms with Crippen LogP contribution in [0.1, 0.15) is 19.3 Å². The Morgan fingerprint density at radius 3 is 1.68 bits per heavy atom. The van der Waals surface area contributed by atoms with Gasteiger partial charge in [-0.2, -0.15) is 0 Å². The van der Waals surface area contributed by atoms with Crippen LogP contribution in [0.5, 0.6) is 0 Å². The highest BCUT2D eigenvalue weighted by Gasteiger charge is 2.56. The fourth-order valence-electron chi connectivity index (χ4n) is 4.71. The Labute approximate surface area is 230 Å². The summed E-state index contributed by atoms with van der Waals surface area (Å²) in [5, 5.41) is 98.3. The Morgan fingerprint density at radius 2 is 1.17 bits per heavy atom. The van der Waals surface area contributed by atoms with Gasteiger partial charge in [0.15, 0.2) is 24.5 Å². The zero-order chi connectivity index (χ0) is 30.6. The fraction of sp³-hybridized carbons (Fsp3) is 0.864. The van der Waals surface area contributed by atoms with Gasteiger partial charge in [0.25, 0.3) is 0 Å². The summed E-state index contributed by atoms with van der Waals surface area (Å²) in [6, 6.07) is 0. The third kappa shape index (κ3) is 7.28. The van der Waals surface area contributed by atoms with E-state index in [1.54, 1.807) is 0 Å². The summed E-state index contributed by atoms with van der Waals surface area (Å²) in [6.45, 7) is -2.30. The van der Waals surface area contributed by atoms with E-state index < -0.39 is 136 Å². The second-order valence-electron chi connectivity index (χ2n) is 9.72. The number of carboxylic acid groups (broad SMARTS) is 3. The summed E-state index contributed by atoms with van der Waals surface area (Å²) in [5.41, 5.74) is -2.67. The predicted octanol–water partition coefficient (Wildman–Crippen LogP) is -5.47. The lowest BCUT2D eigenvalue weighted by molar-refractivity contribution is -0.264. The Bertz CT molecular complexity index is 917. The SMILES string of the molecule is O=C(O)CCC(CC(=O)O)(O[C@H]1O[C@H](CO)[C@@H](O[C@H]2O[C@H](CO)[C@@H](O)[C@H]2O[C@H]2O[C@H](CO)[C@@H](O)[C@H]2O)[C@H]1O)C(=O)O. The maximum atomic E-state index is 12.0. The van der Waals surface area contributed by atoms with Crippen LogP contribution in [0.3, 0.4) is 0 Å². The maximum absolute atomic E-state index is 12.0. The first-order valence-corrected chi connectivity index (χ1v) is 12.5. The molecule has 10 N–H and O–H groups in total. The second-order valence-corrected chi connectivity index (χ2v) is 9.72. The van der Waals surface area contributed by atoms with Gasteiger partial charge in [-0.3, -0.25) is 9.59 Å². The first-order valence-electron chi connectivity index (χ1n) is 12.5. The highest BCUT2D eigenvalue weighted by molar-refractivity contribution is 5.84. The highest BCUT2D eigenvalue weighted by atomic mass is 16.8. The Morgan fingerprint density at radius 1 is 0.634 bits per heavy atom. The van der Waals surface area contributed by atoms with Crippen LogP contribution >= 0.6 is 0 Å². The molecule has 0 amide bonds. The molecule has 0 spiro atoms. The maximum Gasteiger partial charge on any atom is 0.336 e. The lowest BCUT2D eigenvalue weighted by atomic mass is 9.93. The summed E-state index contributed by atoms with van der Waals surface area (Å²) in [4.78, 5) is 34.5. The van der Waals surface area contributed by atoms with E-state index in [0.29, 0.717) is 0 Å². The standard InChI is InChI=1S/C22H34O19/c23-4-7-12(30)14(32)18(36-7)40-17-13(31)8(5-24)37-20(17)39-16-9(6-25)38-19(15(16)33)41-22(21(34)35,3-11(28)29)2-1-10(26)27/h7-9,12-20,23-25,30-33H,1-6H2,(H,26,27)(H,28,29)(H,34,35)/t7-,8-,9-,12-,13-,14-,15-,16-,17-,18-,19-,20-,22?/m1/s1. The number of ether oxygens (including phenoxy) is 6. The molecule has 19 nitrogen and oxygen atoms in total. The summed E-state index contributed by atoms with van der Waals surface area (Å²) in [7, 11) is 0. The van der Waals surface area contributed by atoms with E-state index in [1.807, 2.05) is 0 Å². The summed E-state index contributed by atoms with van der Waals surface area (Å²) >= 11 is 0. The van der Waals surface area contributed by atoms with Gasteiger partial charge in [0.05, 0.1) is 26.2 Å². The first-order chi connectivity index (χ1) is 19.3. The average molecular weight is 602 g/mol. The fourth-order valence-corrected chi connectivity index (χ4v) is 4.71. The molecule has 3 rings (SSSR count). The van der Waals surface area contributed by atoms with Gasteiger partial charge in [0, 0.05) is 6.42 Å². The van der Waals surface area contributed by atoms with Crippen molar-refractivity contribution in [2.45, 2.75) is 98.7 Å². The largest absolute Gasteiger partial charge is 0.481 e. The van der Waals surface area contributed by atoms with Gasteiger partial charge in [-0.25, -0.2) is 4.79 Å². The lowest BCUT2D eigenvalue weighted by Crippen LogP contribution is -2.50. The van der Waals surface area contributed by atoms with Gasteiger partial charge < -0.3 is 79.5 Å². The van der Waals surface area contributed by atoms with Gasteiger partial charge >= 0.3 is 17.9 Å².